The Kier molecular flexibility index (Phi) is 8.42. The van der Waals surface area contributed by atoms with Gasteiger partial charge in [0.25, 0.3) is 0 Å². The van der Waals surface area contributed by atoms with Crippen LogP contribution in [0, 0.1) is 0 Å². The number of nitrogens with zero attached hydrogens (tertiary/aromatic N) is 1. The molecule has 1 N–H and O–H groups in total. The molecule has 0 spiro atoms. The van der Waals surface area contributed by atoms with Crippen molar-refractivity contribution in [3.63, 3.8) is 0 Å². The van der Waals surface area contributed by atoms with Crippen LogP contribution in [0.2, 0.25) is 0 Å². The van der Waals surface area contributed by atoms with Crippen LogP contribution in [0.1, 0.15) is 26.2 Å². The molecule has 0 saturated carbocycles. The molecule has 0 fully saturated rings. The first-order valence-corrected chi connectivity index (χ1v) is 6.07. The molecule has 0 saturated heterocycles. The van der Waals surface area contributed by atoms with Crippen LogP contribution in [0.25, 0.3) is 0 Å². The highest BCUT2D eigenvalue weighted by Gasteiger charge is 2.01. The number of carbonyl (C=O) groups is 1. The van der Waals surface area contributed by atoms with Crippen LogP contribution in [0.5, 0.6) is 0 Å². The largest absolute Gasteiger partial charge is 0.433 e. The molecular formula is C9H18N2O2S. The molecule has 0 aromatic heterocycles. The van der Waals surface area contributed by atoms with E-state index in [0.29, 0.717) is 0 Å². The van der Waals surface area contributed by atoms with Crippen LogP contribution < -0.4 is 5.32 Å². The van der Waals surface area contributed by atoms with Gasteiger partial charge in [0.1, 0.15) is 0 Å². The molecule has 1 amide bonds. The van der Waals surface area contributed by atoms with Gasteiger partial charge >= 0.3 is 6.09 Å². The van der Waals surface area contributed by atoms with Gasteiger partial charge in [-0.05, 0) is 19.1 Å². The third-order valence-electron chi connectivity index (χ3n) is 1.59. The topological polar surface area (TPSA) is 50.7 Å². The van der Waals surface area contributed by atoms with E-state index in [1.54, 1.807) is 11.8 Å². The van der Waals surface area contributed by atoms with Crippen molar-refractivity contribution in [3.05, 3.63) is 0 Å². The number of nitrogens with one attached hydrogen (secondary N) is 1. The Balaban J connectivity index is 3.96. The Bertz CT molecular complexity index is 195. The number of amides is 1. The summed E-state index contributed by atoms with van der Waals surface area (Å²) in [5, 5.41) is 6.15. The second-order valence-electron chi connectivity index (χ2n) is 2.82. The summed E-state index contributed by atoms with van der Waals surface area (Å²) in [7, 11) is 1.51. The molecular weight excluding hydrogens is 200 g/mol. The van der Waals surface area contributed by atoms with E-state index in [1.165, 1.54) is 7.05 Å². The van der Waals surface area contributed by atoms with E-state index in [2.05, 4.69) is 22.2 Å². The molecule has 0 rings (SSSR count). The molecule has 5 heteroatoms. The second-order valence-corrected chi connectivity index (χ2v) is 3.69. The lowest BCUT2D eigenvalue weighted by atomic mass is 10.2. The van der Waals surface area contributed by atoms with E-state index in [-0.39, 0.29) is 0 Å². The maximum Gasteiger partial charge on any atom is 0.433 e. The average molecular weight is 218 g/mol. The molecule has 0 unspecified atom stereocenters. The van der Waals surface area contributed by atoms with Crippen molar-refractivity contribution in [2.75, 3.05) is 19.1 Å². The van der Waals surface area contributed by atoms with Crippen LogP contribution in [-0.2, 0) is 4.84 Å². The summed E-state index contributed by atoms with van der Waals surface area (Å²) in [6.07, 6.45) is 4.58. The molecule has 0 aliphatic rings. The van der Waals surface area contributed by atoms with Gasteiger partial charge in [0.2, 0.25) is 0 Å². The highest BCUT2D eigenvalue weighted by Crippen LogP contribution is 2.03. The normalized spacial score (nSPS) is 11.2. The summed E-state index contributed by atoms with van der Waals surface area (Å²) in [6.45, 7) is 2.12. The predicted octanol–water partition coefficient (Wildman–Crippen LogP) is 2.25. The van der Waals surface area contributed by atoms with Gasteiger partial charge in [-0.25, -0.2) is 4.79 Å². The van der Waals surface area contributed by atoms with Crippen molar-refractivity contribution in [2.24, 2.45) is 5.16 Å². The fourth-order valence-corrected chi connectivity index (χ4v) is 1.37. The summed E-state index contributed by atoms with van der Waals surface area (Å²) in [5.41, 5.74) is 0.933. The average Bonchev–Trinajstić information content (AvgIpc) is 2.21. The Morgan fingerprint density at radius 1 is 1.57 bits per heavy atom. The number of oxime groups is 1. The molecule has 0 atom stereocenters. The van der Waals surface area contributed by atoms with Crippen molar-refractivity contribution in [3.8, 4) is 0 Å². The lowest BCUT2D eigenvalue weighted by Gasteiger charge is -2.02. The number of unbranched alkanes of at least 4 members (excludes halogenated alkanes) is 1. The van der Waals surface area contributed by atoms with Crippen LogP contribution in [-0.4, -0.2) is 30.9 Å². The van der Waals surface area contributed by atoms with Gasteiger partial charge in [-0.15, -0.1) is 0 Å². The van der Waals surface area contributed by atoms with Gasteiger partial charge in [0, 0.05) is 12.8 Å². The van der Waals surface area contributed by atoms with Crippen molar-refractivity contribution >= 4 is 23.6 Å². The number of hydrogen-bond donors (Lipinski definition) is 1. The second kappa shape index (κ2) is 8.87. The summed E-state index contributed by atoms with van der Waals surface area (Å²) in [4.78, 5) is 15.4. The minimum absolute atomic E-state index is 0.514. The molecule has 14 heavy (non-hydrogen) atoms. The zero-order valence-electron chi connectivity index (χ0n) is 9.00. The van der Waals surface area contributed by atoms with Crippen LogP contribution >= 0.6 is 11.8 Å². The van der Waals surface area contributed by atoms with Crippen LogP contribution in [0.3, 0.4) is 0 Å². The third kappa shape index (κ3) is 6.77. The maximum atomic E-state index is 10.7. The fourth-order valence-electron chi connectivity index (χ4n) is 0.843. The molecule has 4 nitrogen and oxygen atoms in total. The molecule has 82 valence electrons. The Morgan fingerprint density at radius 2 is 2.29 bits per heavy atom. The minimum Gasteiger partial charge on any atom is -0.323 e. The van der Waals surface area contributed by atoms with E-state index < -0.39 is 6.09 Å². The van der Waals surface area contributed by atoms with Crippen molar-refractivity contribution in [1.82, 2.24) is 5.32 Å². The number of rotatable bonds is 6. The Labute approximate surface area is 89.5 Å². The zero-order chi connectivity index (χ0) is 10.8. The van der Waals surface area contributed by atoms with Crippen molar-refractivity contribution < 1.29 is 9.63 Å². The van der Waals surface area contributed by atoms with E-state index in [4.69, 9.17) is 0 Å². The van der Waals surface area contributed by atoms with Crippen LogP contribution in [0.4, 0.5) is 4.79 Å². The summed E-state index contributed by atoms with van der Waals surface area (Å²) >= 11 is 1.68. The third-order valence-corrected chi connectivity index (χ3v) is 2.21. The smallest absolute Gasteiger partial charge is 0.323 e. The number of thioether (sulfide) groups is 1. The minimum atomic E-state index is -0.514. The predicted molar refractivity (Wildman–Crippen MR) is 60.9 cm³/mol. The van der Waals surface area contributed by atoms with Crippen LogP contribution in [0.15, 0.2) is 5.16 Å². The van der Waals surface area contributed by atoms with E-state index in [9.17, 15) is 4.79 Å². The lowest BCUT2D eigenvalue weighted by molar-refractivity contribution is 0.152. The molecule has 0 aliphatic heterocycles. The molecule has 0 aromatic carbocycles. The standard InChI is InChI=1S/C9H18N2O2S/c1-4-5-6-8(7-14-3)11-13-9(12)10-2/h4-7H2,1-3H3,(H,10,12). The van der Waals surface area contributed by atoms with Gasteiger partial charge in [0.15, 0.2) is 0 Å². The Morgan fingerprint density at radius 3 is 2.79 bits per heavy atom. The van der Waals surface area contributed by atoms with Crippen molar-refractivity contribution in [2.45, 2.75) is 26.2 Å². The lowest BCUT2D eigenvalue weighted by Crippen LogP contribution is -2.18. The van der Waals surface area contributed by atoms with Gasteiger partial charge in [0.05, 0.1) is 5.71 Å². The first kappa shape index (κ1) is 13.3. The first-order valence-electron chi connectivity index (χ1n) is 4.68. The highest BCUT2D eigenvalue weighted by molar-refractivity contribution is 7.99. The fraction of sp³-hybridized carbons (Fsp3) is 0.778. The van der Waals surface area contributed by atoms with E-state index in [0.717, 1.165) is 30.7 Å². The summed E-state index contributed by atoms with van der Waals surface area (Å²) in [6, 6.07) is 0. The monoisotopic (exact) mass is 218 g/mol. The summed E-state index contributed by atoms with van der Waals surface area (Å²) < 4.78 is 0. The SMILES string of the molecule is CCCCC(CSC)=NOC(=O)NC. The molecule has 0 aromatic rings. The van der Waals surface area contributed by atoms with Gasteiger partial charge in [-0.2, -0.15) is 11.8 Å². The molecule has 0 aliphatic carbocycles. The van der Waals surface area contributed by atoms with Gasteiger partial charge < -0.3 is 5.32 Å². The zero-order valence-corrected chi connectivity index (χ0v) is 9.82. The van der Waals surface area contributed by atoms with Gasteiger partial charge in [-0.3, -0.25) is 4.84 Å². The van der Waals surface area contributed by atoms with E-state index in [1.807, 2.05) is 6.26 Å². The quantitative estimate of drug-likeness (QED) is 0.422. The molecule has 0 radical (unpaired) electrons. The molecule has 0 heterocycles. The number of carbonyl (C=O) groups excluding carboxylic acids is 1. The highest BCUT2D eigenvalue weighted by atomic mass is 32.2. The summed E-state index contributed by atoms with van der Waals surface area (Å²) in [5.74, 6) is 0.816. The Hall–Kier alpha value is -0.710. The first-order chi connectivity index (χ1) is 6.74. The maximum absolute atomic E-state index is 10.7. The number of hydrogen-bond acceptors (Lipinski definition) is 4. The van der Waals surface area contributed by atoms with Crippen molar-refractivity contribution in [1.29, 1.82) is 0 Å². The van der Waals surface area contributed by atoms with Gasteiger partial charge in [-0.1, -0.05) is 18.5 Å². The van der Waals surface area contributed by atoms with E-state index >= 15 is 0 Å². The molecule has 0 bridgehead atoms.